The van der Waals surface area contributed by atoms with E-state index in [1.807, 2.05) is 6.92 Å². The second-order valence-electron chi connectivity index (χ2n) is 3.05. The second kappa shape index (κ2) is 5.52. The third kappa shape index (κ3) is 3.21. The first-order valence-electron chi connectivity index (χ1n) is 4.67. The first kappa shape index (κ1) is 12.5. The van der Waals surface area contributed by atoms with E-state index >= 15 is 0 Å². The fourth-order valence-electron chi connectivity index (χ4n) is 1.17. The van der Waals surface area contributed by atoms with Crippen molar-refractivity contribution in [1.29, 1.82) is 0 Å². The molecule has 0 N–H and O–H groups in total. The number of carbonyl (C=O) groups excluding carboxylic acids is 1. The Morgan fingerprint density at radius 2 is 2.27 bits per heavy atom. The molecular formula is C11H12BrClO2. The maximum Gasteiger partial charge on any atom is 0.181 e. The summed E-state index contributed by atoms with van der Waals surface area (Å²) in [6, 6.07) is 5.26. The Balaban J connectivity index is 2.97. The van der Waals surface area contributed by atoms with Crippen LogP contribution >= 0.6 is 27.5 Å². The molecule has 0 aliphatic rings. The zero-order chi connectivity index (χ0) is 11.4. The van der Waals surface area contributed by atoms with E-state index in [-0.39, 0.29) is 5.78 Å². The topological polar surface area (TPSA) is 26.3 Å². The zero-order valence-corrected chi connectivity index (χ0v) is 10.9. The minimum absolute atomic E-state index is 0.0911. The molecule has 0 saturated carbocycles. The standard InChI is InChI=1S/C11H12BrClO2/c1-3-15-8-4-5-9(10(12)6-8)11(14)7(2)13/h4-7H,3H2,1-2H3. The third-order valence-electron chi connectivity index (χ3n) is 1.88. The summed E-state index contributed by atoms with van der Waals surface area (Å²) in [7, 11) is 0. The molecule has 82 valence electrons. The van der Waals surface area contributed by atoms with Crippen molar-refractivity contribution in [2.75, 3.05) is 6.61 Å². The molecular weight excluding hydrogens is 279 g/mol. The number of benzene rings is 1. The lowest BCUT2D eigenvalue weighted by atomic mass is 10.1. The lowest BCUT2D eigenvalue weighted by Gasteiger charge is -2.08. The van der Waals surface area contributed by atoms with Crippen LogP contribution in [-0.2, 0) is 0 Å². The molecule has 1 aromatic carbocycles. The molecule has 0 aromatic heterocycles. The molecule has 0 aliphatic heterocycles. The molecule has 0 fully saturated rings. The highest BCUT2D eigenvalue weighted by Gasteiger charge is 2.15. The van der Waals surface area contributed by atoms with E-state index in [2.05, 4.69) is 15.9 Å². The van der Waals surface area contributed by atoms with Crippen LogP contribution in [0.4, 0.5) is 0 Å². The summed E-state index contributed by atoms with van der Waals surface area (Å²) < 4.78 is 6.02. The van der Waals surface area contributed by atoms with Crippen LogP contribution in [0.15, 0.2) is 22.7 Å². The summed E-state index contributed by atoms with van der Waals surface area (Å²) in [5.41, 5.74) is 0.584. The number of halogens is 2. The molecule has 0 aliphatic carbocycles. The molecule has 2 nitrogen and oxygen atoms in total. The number of ether oxygens (including phenoxy) is 1. The van der Waals surface area contributed by atoms with Gasteiger partial charge in [-0.25, -0.2) is 0 Å². The van der Waals surface area contributed by atoms with Crippen LogP contribution in [-0.4, -0.2) is 17.8 Å². The highest BCUT2D eigenvalue weighted by Crippen LogP contribution is 2.25. The van der Waals surface area contributed by atoms with Gasteiger partial charge in [0.05, 0.1) is 12.0 Å². The number of rotatable bonds is 4. The summed E-state index contributed by atoms with van der Waals surface area (Å²) in [5.74, 6) is 0.648. The highest BCUT2D eigenvalue weighted by molar-refractivity contribution is 9.10. The second-order valence-corrected chi connectivity index (χ2v) is 4.56. The van der Waals surface area contributed by atoms with E-state index in [4.69, 9.17) is 16.3 Å². The van der Waals surface area contributed by atoms with E-state index in [9.17, 15) is 4.79 Å². The quantitative estimate of drug-likeness (QED) is 0.625. The predicted molar refractivity (Wildman–Crippen MR) is 65.0 cm³/mol. The SMILES string of the molecule is CCOc1ccc(C(=O)C(C)Cl)c(Br)c1. The van der Waals surface area contributed by atoms with Gasteiger partial charge in [-0.1, -0.05) is 0 Å². The Bertz CT molecular complexity index is 364. The minimum Gasteiger partial charge on any atom is -0.494 e. The van der Waals surface area contributed by atoms with Crippen LogP contribution in [0, 0.1) is 0 Å². The number of Topliss-reactive ketones (excluding diaryl/α,β-unsaturated/α-hetero) is 1. The largest absolute Gasteiger partial charge is 0.494 e. The Hall–Kier alpha value is -0.540. The first-order valence-corrected chi connectivity index (χ1v) is 5.89. The van der Waals surface area contributed by atoms with Gasteiger partial charge in [0, 0.05) is 10.0 Å². The van der Waals surface area contributed by atoms with Crippen molar-refractivity contribution in [3.63, 3.8) is 0 Å². The number of ketones is 1. The van der Waals surface area contributed by atoms with Crippen LogP contribution in [0.2, 0.25) is 0 Å². The molecule has 0 amide bonds. The lowest BCUT2D eigenvalue weighted by Crippen LogP contribution is -2.11. The molecule has 1 aromatic rings. The smallest absolute Gasteiger partial charge is 0.181 e. The lowest BCUT2D eigenvalue weighted by molar-refractivity contribution is 0.0991. The van der Waals surface area contributed by atoms with E-state index in [1.165, 1.54) is 0 Å². The van der Waals surface area contributed by atoms with Gasteiger partial charge in [-0.05, 0) is 48.0 Å². The summed E-state index contributed by atoms with van der Waals surface area (Å²) in [4.78, 5) is 11.6. The van der Waals surface area contributed by atoms with Gasteiger partial charge in [0.1, 0.15) is 5.75 Å². The molecule has 4 heteroatoms. The van der Waals surface area contributed by atoms with E-state index in [1.54, 1.807) is 25.1 Å². The number of hydrogen-bond acceptors (Lipinski definition) is 2. The minimum atomic E-state index is -0.515. The highest BCUT2D eigenvalue weighted by atomic mass is 79.9. The fraction of sp³-hybridized carbons (Fsp3) is 0.364. The molecule has 1 rings (SSSR count). The maximum absolute atomic E-state index is 11.6. The van der Waals surface area contributed by atoms with Gasteiger partial charge in [0.25, 0.3) is 0 Å². The molecule has 1 unspecified atom stereocenters. The molecule has 0 heterocycles. The molecule has 0 spiro atoms. The van der Waals surface area contributed by atoms with E-state index < -0.39 is 5.38 Å². The fourth-order valence-corrected chi connectivity index (χ4v) is 1.84. The zero-order valence-electron chi connectivity index (χ0n) is 8.59. The molecule has 0 bridgehead atoms. The monoisotopic (exact) mass is 290 g/mol. The third-order valence-corrected chi connectivity index (χ3v) is 2.73. The summed E-state index contributed by atoms with van der Waals surface area (Å²) in [5, 5.41) is -0.515. The van der Waals surface area contributed by atoms with Crippen molar-refractivity contribution in [1.82, 2.24) is 0 Å². The van der Waals surface area contributed by atoms with Crippen molar-refractivity contribution < 1.29 is 9.53 Å². The Labute approximate surface area is 103 Å². The Morgan fingerprint density at radius 3 is 2.73 bits per heavy atom. The summed E-state index contributed by atoms with van der Waals surface area (Å²) in [6.45, 7) is 4.17. The van der Waals surface area contributed by atoms with Crippen LogP contribution in [0.1, 0.15) is 24.2 Å². The van der Waals surface area contributed by atoms with Gasteiger partial charge in [-0.3, -0.25) is 4.79 Å². The molecule has 15 heavy (non-hydrogen) atoms. The number of carbonyl (C=O) groups is 1. The average molecular weight is 292 g/mol. The summed E-state index contributed by atoms with van der Waals surface area (Å²) >= 11 is 9.06. The van der Waals surface area contributed by atoms with Crippen molar-refractivity contribution in [2.45, 2.75) is 19.2 Å². The Morgan fingerprint density at radius 1 is 1.60 bits per heavy atom. The van der Waals surface area contributed by atoms with Crippen LogP contribution in [0.3, 0.4) is 0 Å². The van der Waals surface area contributed by atoms with Gasteiger partial charge in [-0.15, -0.1) is 11.6 Å². The van der Waals surface area contributed by atoms with Crippen molar-refractivity contribution >= 4 is 33.3 Å². The van der Waals surface area contributed by atoms with Gasteiger partial charge < -0.3 is 4.74 Å². The summed E-state index contributed by atoms with van der Waals surface area (Å²) in [6.07, 6.45) is 0. The van der Waals surface area contributed by atoms with Gasteiger partial charge in [-0.2, -0.15) is 0 Å². The van der Waals surface area contributed by atoms with Gasteiger partial charge in [0.15, 0.2) is 5.78 Å². The van der Waals surface area contributed by atoms with Crippen molar-refractivity contribution in [3.05, 3.63) is 28.2 Å². The average Bonchev–Trinajstić information content (AvgIpc) is 2.17. The van der Waals surface area contributed by atoms with Crippen LogP contribution in [0.25, 0.3) is 0 Å². The van der Waals surface area contributed by atoms with Crippen molar-refractivity contribution in [2.24, 2.45) is 0 Å². The predicted octanol–water partition coefficient (Wildman–Crippen LogP) is 3.66. The van der Waals surface area contributed by atoms with E-state index in [0.29, 0.717) is 16.6 Å². The van der Waals surface area contributed by atoms with Gasteiger partial charge >= 0.3 is 0 Å². The number of hydrogen-bond donors (Lipinski definition) is 0. The van der Waals surface area contributed by atoms with Crippen LogP contribution < -0.4 is 4.74 Å². The molecule has 1 atom stereocenters. The number of alkyl halides is 1. The molecule has 0 saturated heterocycles. The van der Waals surface area contributed by atoms with E-state index in [0.717, 1.165) is 5.75 Å². The van der Waals surface area contributed by atoms with Gasteiger partial charge in [0.2, 0.25) is 0 Å². The Kier molecular flexibility index (Phi) is 4.61. The first-order chi connectivity index (χ1) is 7.06. The molecule has 0 radical (unpaired) electrons. The van der Waals surface area contributed by atoms with Crippen molar-refractivity contribution in [3.8, 4) is 5.75 Å². The maximum atomic E-state index is 11.6. The normalized spacial score (nSPS) is 12.3. The van der Waals surface area contributed by atoms with Crippen LogP contribution in [0.5, 0.6) is 5.75 Å².